The molecule has 2 aromatic carbocycles. The van der Waals surface area contributed by atoms with Crippen LogP contribution in [0.1, 0.15) is 221 Å². The number of carboxylic acids is 2. The van der Waals surface area contributed by atoms with Crippen molar-refractivity contribution < 1.29 is 68.1 Å². The van der Waals surface area contributed by atoms with E-state index in [1.54, 1.807) is 66.7 Å². The van der Waals surface area contributed by atoms with Crippen LogP contribution in [-0.2, 0) is 38.1 Å². The molecule has 0 spiro atoms. The van der Waals surface area contributed by atoms with Crippen LogP contribution in [0, 0.1) is 5.92 Å². The maximum atomic E-state index is 13.9. The number of carbonyl (C=O) groups excluding carboxylic acids is 3. The number of allylic oxidation sites excluding steroid dienone is 1. The van der Waals surface area contributed by atoms with Crippen molar-refractivity contribution in [2.75, 3.05) is 19.8 Å². The van der Waals surface area contributed by atoms with Gasteiger partial charge in [-0.3, -0.25) is 14.4 Å². The number of benzene rings is 2. The number of ether oxygens (including phenoxy) is 5. The van der Waals surface area contributed by atoms with E-state index in [-0.39, 0.29) is 50.4 Å². The zero-order valence-electron chi connectivity index (χ0n) is 46.0. The van der Waals surface area contributed by atoms with Gasteiger partial charge in [0, 0.05) is 13.0 Å². The maximum Gasteiger partial charge on any atom is 0.338 e. The molecule has 0 bridgehead atoms. The van der Waals surface area contributed by atoms with E-state index in [1.165, 1.54) is 109 Å². The second-order valence-electron chi connectivity index (χ2n) is 20.5. The van der Waals surface area contributed by atoms with Crippen molar-refractivity contribution in [3.05, 3.63) is 83.9 Å². The zero-order valence-corrected chi connectivity index (χ0v) is 46.0. The number of esters is 2. The summed E-state index contributed by atoms with van der Waals surface area (Å²) in [6, 6.07) is 15.7. The van der Waals surface area contributed by atoms with Crippen LogP contribution in [-0.4, -0.2) is 113 Å². The molecule has 7 atom stereocenters. The number of carbonyl (C=O) groups is 5. The molecule has 15 heteroatoms. The average Bonchev–Trinajstić information content (AvgIpc) is 3.42. The Balaban J connectivity index is 1.83. The molecule has 0 unspecified atom stereocenters. The van der Waals surface area contributed by atoms with Crippen LogP contribution >= 0.6 is 0 Å². The van der Waals surface area contributed by atoms with Gasteiger partial charge in [0.25, 0.3) is 0 Å². The second kappa shape index (κ2) is 41.4. The van der Waals surface area contributed by atoms with Gasteiger partial charge in [0.15, 0.2) is 18.3 Å². The summed E-state index contributed by atoms with van der Waals surface area (Å²) in [6.45, 7) is 3.33. The highest BCUT2D eigenvalue weighted by atomic mass is 16.7. The fourth-order valence-corrected chi connectivity index (χ4v) is 9.46. The van der Waals surface area contributed by atoms with E-state index in [2.05, 4.69) is 19.2 Å². The predicted octanol–water partition coefficient (Wildman–Crippen LogP) is 12.1. The zero-order chi connectivity index (χ0) is 55.0. The van der Waals surface area contributed by atoms with Crippen molar-refractivity contribution >= 4 is 29.8 Å². The molecule has 1 heterocycles. The first kappa shape index (κ1) is 65.6. The molecule has 1 amide bonds. The average molecular weight is 1070 g/mol. The van der Waals surface area contributed by atoms with E-state index in [0.29, 0.717) is 18.4 Å². The molecule has 1 aliphatic heterocycles. The van der Waals surface area contributed by atoms with E-state index < -0.39 is 79.3 Å². The highest BCUT2D eigenvalue weighted by Gasteiger charge is 2.49. The van der Waals surface area contributed by atoms with Crippen molar-refractivity contribution in [3.63, 3.8) is 0 Å². The Morgan fingerprint density at radius 1 is 0.605 bits per heavy atom. The molecule has 0 saturated carbocycles. The van der Waals surface area contributed by atoms with Crippen molar-refractivity contribution in [3.8, 4) is 0 Å². The number of rotatable bonds is 45. The minimum Gasteiger partial charge on any atom is -0.481 e. The van der Waals surface area contributed by atoms with Gasteiger partial charge in [-0.15, -0.1) is 0 Å². The molecule has 2 aromatic rings. The fourth-order valence-electron chi connectivity index (χ4n) is 9.46. The lowest BCUT2D eigenvalue weighted by molar-refractivity contribution is -0.308. The number of hydrogen-bond donors (Lipinski definition) is 5. The minimum atomic E-state index is -1.61. The molecular weight excluding hydrogens is 971 g/mol. The minimum absolute atomic E-state index is 0.114. The smallest absolute Gasteiger partial charge is 0.338 e. The second-order valence-corrected chi connectivity index (χ2v) is 20.5. The summed E-state index contributed by atoms with van der Waals surface area (Å²) in [5.74, 6) is -6.21. The van der Waals surface area contributed by atoms with Crippen molar-refractivity contribution in [1.29, 1.82) is 0 Å². The number of carboxylic acid groups (broad SMARTS) is 2. The van der Waals surface area contributed by atoms with Crippen molar-refractivity contribution in [2.24, 2.45) is 5.92 Å². The Bertz CT molecular complexity index is 1870. The first-order valence-corrected chi connectivity index (χ1v) is 29.1. The number of aliphatic hydroxyl groups is 2. The Morgan fingerprint density at radius 2 is 1.09 bits per heavy atom. The molecule has 3 rings (SSSR count). The lowest BCUT2D eigenvalue weighted by Gasteiger charge is -2.43. The molecule has 15 nitrogen and oxygen atoms in total. The highest BCUT2D eigenvalue weighted by Crippen LogP contribution is 2.29. The summed E-state index contributed by atoms with van der Waals surface area (Å²) in [5, 5.41) is 43.7. The Labute approximate surface area is 454 Å². The van der Waals surface area contributed by atoms with Crippen LogP contribution in [0.4, 0.5) is 0 Å². The van der Waals surface area contributed by atoms with Crippen molar-refractivity contribution in [1.82, 2.24) is 5.32 Å². The van der Waals surface area contributed by atoms with Crippen LogP contribution in [0.15, 0.2) is 72.8 Å². The maximum absolute atomic E-state index is 13.9. The first-order chi connectivity index (χ1) is 37.0. The fraction of sp³-hybridized carbons (Fsp3) is 0.689. The topological polar surface area (TPSA) is 224 Å². The summed E-state index contributed by atoms with van der Waals surface area (Å²) in [4.78, 5) is 64.4. The van der Waals surface area contributed by atoms with Crippen molar-refractivity contribution in [2.45, 2.75) is 243 Å². The number of amides is 1. The number of aliphatic carboxylic acids is 2. The summed E-state index contributed by atoms with van der Waals surface area (Å²) in [6.07, 6.45) is 25.0. The summed E-state index contributed by atoms with van der Waals surface area (Å²) >= 11 is 0. The molecule has 5 N–H and O–H groups in total. The standard InChI is InChI=1S/C61H95NO14/c1-3-5-7-9-11-13-15-17-19-21-23-25-33-42-51(74-59(70)47-37-29-27-30-38-47)50(62-53(64)43-34-26-24-22-20-18-16-14-12-10-8-6-4-2)46-73-61-56(76-60(71)48-39-31-28-32-40-48)55(54(65)52(45-63)75-61)72-44-36-35-41-49(57(66)67)58(68)69/h27-33,37-40,42,49-52,54-56,61,63,65H,3-26,34-36,41,43-46H2,1-2H3,(H,62,64)(H,66,67)(H,68,69)/b42-33+/t50-,51+,52+,54-,55-,56+,61+/m0/s1. The number of hydrogen-bond acceptors (Lipinski definition) is 12. The molecule has 428 valence electrons. The van der Waals surface area contributed by atoms with Gasteiger partial charge >= 0.3 is 23.9 Å². The van der Waals surface area contributed by atoms with Gasteiger partial charge in [-0.25, -0.2) is 9.59 Å². The van der Waals surface area contributed by atoms with Gasteiger partial charge in [0.1, 0.15) is 24.4 Å². The number of nitrogens with one attached hydrogen (secondary N) is 1. The summed E-state index contributed by atoms with van der Waals surface area (Å²) < 4.78 is 30.9. The van der Waals surface area contributed by atoms with Gasteiger partial charge in [-0.05, 0) is 68.9 Å². The Kier molecular flexibility index (Phi) is 35.8. The molecule has 0 radical (unpaired) electrons. The van der Waals surface area contributed by atoms with Gasteiger partial charge in [0.2, 0.25) is 5.91 Å². The van der Waals surface area contributed by atoms with E-state index >= 15 is 0 Å². The SMILES string of the molecule is CCCCCCCCCCCCC/C=C/[C@@H](OC(=O)c1ccccc1)[C@H](CO[C@@H]1O[C@H](CO)[C@H](O)[C@H](OCCCCC(C(=O)O)C(=O)O)[C@H]1OC(=O)c1ccccc1)NC(=O)CCCCCCCCCCCCCCC. The van der Waals surface area contributed by atoms with E-state index in [1.807, 2.05) is 6.08 Å². The number of unbranched alkanes of at least 4 members (excludes halogenated alkanes) is 24. The molecule has 76 heavy (non-hydrogen) atoms. The first-order valence-electron chi connectivity index (χ1n) is 29.1. The van der Waals surface area contributed by atoms with E-state index in [4.69, 9.17) is 23.7 Å². The molecule has 0 aliphatic carbocycles. The van der Waals surface area contributed by atoms with E-state index in [0.717, 1.165) is 38.5 Å². The van der Waals surface area contributed by atoms with Gasteiger partial charge in [0.05, 0.1) is 30.4 Å². The monoisotopic (exact) mass is 1070 g/mol. The predicted molar refractivity (Wildman–Crippen MR) is 294 cm³/mol. The molecule has 1 aliphatic rings. The molecule has 1 fully saturated rings. The summed E-state index contributed by atoms with van der Waals surface area (Å²) in [5.41, 5.74) is 0.496. The Hall–Kier alpha value is -4.67. The van der Waals surface area contributed by atoms with Gasteiger partial charge in [-0.2, -0.15) is 0 Å². The van der Waals surface area contributed by atoms with Crippen LogP contribution < -0.4 is 5.32 Å². The molecule has 1 saturated heterocycles. The summed E-state index contributed by atoms with van der Waals surface area (Å²) in [7, 11) is 0. The lowest BCUT2D eigenvalue weighted by atomic mass is 9.98. The third-order valence-electron chi connectivity index (χ3n) is 14.1. The molecular formula is C61H95NO14. The largest absolute Gasteiger partial charge is 0.481 e. The van der Waals surface area contributed by atoms with Crippen LogP contribution in [0.25, 0.3) is 0 Å². The van der Waals surface area contributed by atoms with Crippen LogP contribution in [0.3, 0.4) is 0 Å². The van der Waals surface area contributed by atoms with Gasteiger partial charge in [-0.1, -0.05) is 198 Å². The van der Waals surface area contributed by atoms with Crippen LogP contribution in [0.2, 0.25) is 0 Å². The lowest BCUT2D eigenvalue weighted by Crippen LogP contribution is -2.62. The Morgan fingerprint density at radius 3 is 1.59 bits per heavy atom. The number of aliphatic hydroxyl groups excluding tert-OH is 2. The molecule has 0 aromatic heterocycles. The van der Waals surface area contributed by atoms with Gasteiger partial charge < -0.3 is 49.4 Å². The normalized spacial score (nSPS) is 18.4. The van der Waals surface area contributed by atoms with E-state index in [9.17, 15) is 44.4 Å². The third kappa shape index (κ3) is 27.6. The highest BCUT2D eigenvalue weighted by molar-refractivity contribution is 5.92. The van der Waals surface area contributed by atoms with Crippen LogP contribution in [0.5, 0.6) is 0 Å². The third-order valence-corrected chi connectivity index (χ3v) is 14.1. The quantitative estimate of drug-likeness (QED) is 0.0180.